The number of ketones is 1. The zero-order valence-corrected chi connectivity index (χ0v) is 16.6. The van der Waals surface area contributed by atoms with E-state index in [0.29, 0.717) is 23.9 Å². The molecule has 0 bridgehead atoms. The first-order valence-corrected chi connectivity index (χ1v) is 10.2. The van der Waals surface area contributed by atoms with Crippen molar-refractivity contribution in [2.75, 3.05) is 0 Å². The average Bonchev–Trinajstić information content (AvgIpc) is 2.58. The van der Waals surface area contributed by atoms with Crippen LogP contribution < -0.4 is 0 Å². The molecule has 2 atom stereocenters. The van der Waals surface area contributed by atoms with Gasteiger partial charge in [0.1, 0.15) is 11.5 Å². The number of phenolic OH excluding ortho intramolecular Hbond substituents is 1. The second-order valence-electron chi connectivity index (χ2n) is 8.62. The number of benzene rings is 1. The van der Waals surface area contributed by atoms with Gasteiger partial charge in [-0.25, -0.2) is 0 Å². The van der Waals surface area contributed by atoms with E-state index >= 15 is 0 Å². The van der Waals surface area contributed by atoms with Crippen molar-refractivity contribution in [3.8, 4) is 5.75 Å². The fraction of sp³-hybridized carbons (Fsp3) is 0.696. The molecule has 0 aliphatic heterocycles. The molecule has 1 aliphatic carbocycles. The Balaban J connectivity index is 2.10. The smallest absolute Gasteiger partial charge is 0.133 e. The molecule has 0 spiro atoms. The molecule has 1 aliphatic rings. The van der Waals surface area contributed by atoms with Crippen molar-refractivity contribution < 1.29 is 9.90 Å². The third-order valence-electron chi connectivity index (χ3n) is 6.09. The van der Waals surface area contributed by atoms with Crippen LogP contribution in [-0.2, 0) is 10.2 Å². The summed E-state index contributed by atoms with van der Waals surface area (Å²) in [7, 11) is 0. The van der Waals surface area contributed by atoms with Crippen LogP contribution in [0.3, 0.4) is 0 Å². The summed E-state index contributed by atoms with van der Waals surface area (Å²) in [5.41, 5.74) is 2.26. The zero-order valence-electron chi connectivity index (χ0n) is 16.6. The van der Waals surface area contributed by atoms with Gasteiger partial charge in [0, 0.05) is 12.8 Å². The van der Waals surface area contributed by atoms with Gasteiger partial charge in [0.05, 0.1) is 0 Å². The molecule has 0 saturated heterocycles. The van der Waals surface area contributed by atoms with Crippen molar-refractivity contribution in [2.24, 2.45) is 5.92 Å². The number of Topliss-reactive ketones (excluding diaryl/α,β-unsaturated/α-hetero) is 1. The van der Waals surface area contributed by atoms with E-state index in [9.17, 15) is 9.90 Å². The quantitative estimate of drug-likeness (QED) is 0.546. The molecule has 0 radical (unpaired) electrons. The molecule has 2 rings (SSSR count). The summed E-state index contributed by atoms with van der Waals surface area (Å²) in [5, 5.41) is 10.7. The van der Waals surface area contributed by atoms with Crippen molar-refractivity contribution >= 4 is 5.78 Å². The molecular formula is C23H36O2. The minimum absolute atomic E-state index is 0.0814. The Morgan fingerprint density at radius 3 is 2.52 bits per heavy atom. The first-order chi connectivity index (χ1) is 11.9. The minimum atomic E-state index is 0.0814. The number of carbonyl (C=O) groups is 1. The fourth-order valence-corrected chi connectivity index (χ4v) is 4.25. The predicted molar refractivity (Wildman–Crippen MR) is 105 cm³/mol. The lowest BCUT2D eigenvalue weighted by Crippen LogP contribution is -2.22. The highest BCUT2D eigenvalue weighted by atomic mass is 16.3. The fourth-order valence-electron chi connectivity index (χ4n) is 4.25. The van der Waals surface area contributed by atoms with Crippen LogP contribution in [0.5, 0.6) is 5.75 Å². The second-order valence-corrected chi connectivity index (χ2v) is 8.62. The highest BCUT2D eigenvalue weighted by Crippen LogP contribution is 2.41. The van der Waals surface area contributed by atoms with Crippen LogP contribution in [0.25, 0.3) is 0 Å². The van der Waals surface area contributed by atoms with Crippen molar-refractivity contribution in [1.82, 2.24) is 0 Å². The van der Waals surface area contributed by atoms with E-state index in [0.717, 1.165) is 31.2 Å². The molecule has 140 valence electrons. The van der Waals surface area contributed by atoms with Gasteiger partial charge in [-0.3, -0.25) is 4.79 Å². The maximum Gasteiger partial charge on any atom is 0.133 e. The third kappa shape index (κ3) is 5.33. The van der Waals surface area contributed by atoms with E-state index in [1.165, 1.54) is 31.2 Å². The molecule has 0 aromatic heterocycles. The van der Waals surface area contributed by atoms with E-state index in [1.807, 2.05) is 6.07 Å². The second kappa shape index (κ2) is 8.87. The molecule has 2 nitrogen and oxygen atoms in total. The van der Waals surface area contributed by atoms with Gasteiger partial charge >= 0.3 is 0 Å². The van der Waals surface area contributed by atoms with E-state index < -0.39 is 0 Å². The minimum Gasteiger partial charge on any atom is -0.508 e. The SMILES string of the molecule is CCCCCCC(C)(C)c1ccc([C@H]2CC(=O)C[C@@H](CC)C2)c(O)c1. The largest absolute Gasteiger partial charge is 0.508 e. The molecule has 2 heteroatoms. The van der Waals surface area contributed by atoms with Crippen LogP contribution >= 0.6 is 0 Å². The van der Waals surface area contributed by atoms with E-state index in [1.54, 1.807) is 0 Å². The van der Waals surface area contributed by atoms with Gasteiger partial charge < -0.3 is 5.11 Å². The van der Waals surface area contributed by atoms with Crippen LogP contribution in [0.4, 0.5) is 0 Å². The Morgan fingerprint density at radius 2 is 1.88 bits per heavy atom. The monoisotopic (exact) mass is 344 g/mol. The lowest BCUT2D eigenvalue weighted by atomic mass is 9.74. The van der Waals surface area contributed by atoms with Gasteiger partial charge in [-0.05, 0) is 47.3 Å². The Labute approximate surface area is 154 Å². The molecule has 1 N–H and O–H groups in total. The van der Waals surface area contributed by atoms with Gasteiger partial charge in [-0.2, -0.15) is 0 Å². The number of hydrogen-bond donors (Lipinski definition) is 1. The van der Waals surface area contributed by atoms with Gasteiger partial charge in [-0.15, -0.1) is 0 Å². The average molecular weight is 345 g/mol. The standard InChI is InChI=1S/C23H36O2/c1-5-7-8-9-12-23(3,4)19-10-11-21(22(25)16-19)18-13-17(6-2)14-20(24)15-18/h10-11,16-18,25H,5-9,12-15H2,1-4H3/t17-,18+/m0/s1. The molecule has 1 aromatic rings. The molecule has 0 heterocycles. The number of aromatic hydroxyl groups is 1. The van der Waals surface area contributed by atoms with Gasteiger partial charge in [-0.1, -0.05) is 71.9 Å². The van der Waals surface area contributed by atoms with Crippen LogP contribution in [0, 0.1) is 5.92 Å². The highest BCUT2D eigenvalue weighted by Gasteiger charge is 2.29. The summed E-state index contributed by atoms with van der Waals surface area (Å²) in [6.45, 7) is 8.93. The third-order valence-corrected chi connectivity index (χ3v) is 6.09. The van der Waals surface area contributed by atoms with Gasteiger partial charge in [0.25, 0.3) is 0 Å². The number of hydrogen-bond acceptors (Lipinski definition) is 2. The van der Waals surface area contributed by atoms with Crippen LogP contribution in [0.1, 0.15) is 103 Å². The van der Waals surface area contributed by atoms with Crippen molar-refractivity contribution in [3.05, 3.63) is 29.3 Å². The Morgan fingerprint density at radius 1 is 1.12 bits per heavy atom. The molecular weight excluding hydrogens is 308 g/mol. The van der Waals surface area contributed by atoms with Gasteiger partial charge in [0.2, 0.25) is 0 Å². The summed E-state index contributed by atoms with van der Waals surface area (Å²) in [5.74, 6) is 1.39. The first-order valence-electron chi connectivity index (χ1n) is 10.2. The predicted octanol–water partition coefficient (Wildman–Crippen LogP) is 6.50. The number of carbonyl (C=O) groups excluding carboxylic acids is 1. The van der Waals surface area contributed by atoms with Crippen LogP contribution in [-0.4, -0.2) is 10.9 Å². The summed E-state index contributed by atoms with van der Waals surface area (Å²) in [6, 6.07) is 6.21. The number of phenols is 1. The summed E-state index contributed by atoms with van der Waals surface area (Å²) < 4.78 is 0. The number of rotatable bonds is 8. The molecule has 1 fully saturated rings. The normalized spacial score (nSPS) is 21.5. The summed E-state index contributed by atoms with van der Waals surface area (Å²) >= 11 is 0. The maximum absolute atomic E-state index is 12.0. The molecule has 0 amide bonds. The molecule has 25 heavy (non-hydrogen) atoms. The molecule has 0 unspecified atom stereocenters. The lowest BCUT2D eigenvalue weighted by Gasteiger charge is -2.30. The Hall–Kier alpha value is -1.31. The number of unbranched alkanes of at least 4 members (excludes halogenated alkanes) is 3. The topological polar surface area (TPSA) is 37.3 Å². The van der Waals surface area contributed by atoms with Crippen molar-refractivity contribution in [3.63, 3.8) is 0 Å². The highest BCUT2D eigenvalue weighted by molar-refractivity contribution is 5.80. The van der Waals surface area contributed by atoms with E-state index in [2.05, 4.69) is 39.8 Å². The van der Waals surface area contributed by atoms with Crippen molar-refractivity contribution in [2.45, 2.75) is 96.8 Å². The van der Waals surface area contributed by atoms with Gasteiger partial charge in [0.15, 0.2) is 0 Å². The molecule has 1 saturated carbocycles. The van der Waals surface area contributed by atoms with Crippen LogP contribution in [0.2, 0.25) is 0 Å². The van der Waals surface area contributed by atoms with E-state index in [4.69, 9.17) is 0 Å². The lowest BCUT2D eigenvalue weighted by molar-refractivity contribution is -0.122. The molecule has 1 aromatic carbocycles. The summed E-state index contributed by atoms with van der Waals surface area (Å²) in [4.78, 5) is 12.0. The Bertz CT molecular complexity index is 573. The first kappa shape index (κ1) is 20.0. The van der Waals surface area contributed by atoms with Crippen LogP contribution in [0.15, 0.2) is 18.2 Å². The zero-order chi connectivity index (χ0) is 18.4. The van der Waals surface area contributed by atoms with E-state index in [-0.39, 0.29) is 11.3 Å². The van der Waals surface area contributed by atoms with Crippen molar-refractivity contribution in [1.29, 1.82) is 0 Å². The summed E-state index contributed by atoms with van der Waals surface area (Å²) in [6.07, 6.45) is 9.60. The Kier molecular flexibility index (Phi) is 7.10. The maximum atomic E-state index is 12.0.